The lowest BCUT2D eigenvalue weighted by molar-refractivity contribution is 0.666. The fraction of sp³-hybridized carbons (Fsp3) is 0. The van der Waals surface area contributed by atoms with Gasteiger partial charge in [0.2, 0.25) is 0 Å². The minimum atomic E-state index is 0.626. The highest BCUT2D eigenvalue weighted by atomic mass is 16.3. The maximum absolute atomic E-state index is 7.07. The number of hydrogen-bond acceptors (Lipinski definition) is 3. The monoisotopic (exact) mass is 728 g/mol. The highest BCUT2D eigenvalue weighted by molar-refractivity contribution is 6.19. The number of hydrogen-bond donors (Lipinski definition) is 0. The van der Waals surface area contributed by atoms with Gasteiger partial charge in [-0.3, -0.25) is 0 Å². The molecule has 0 amide bonds. The number of fused-ring (bicyclic) bond motifs is 9. The van der Waals surface area contributed by atoms with Gasteiger partial charge in [0.1, 0.15) is 5.58 Å². The molecule has 0 bridgehead atoms. The standard InChI is InChI=1S/C52H32N4O/c1-3-17-33(18-4-1)41-32-42(34-19-5-2-6-20-34)54-52(53-41)40-31-47(55-43-26-12-7-21-35(43)36-22-8-13-27-44(36)55)51-49(39-25-11-16-30-48(39)57-51)50(40)56-45-28-14-9-23-37(45)38-24-10-15-29-46(38)56/h1-32H. The van der Waals surface area contributed by atoms with Gasteiger partial charge < -0.3 is 13.6 Å². The van der Waals surface area contributed by atoms with Crippen LogP contribution in [0.15, 0.2) is 199 Å². The maximum atomic E-state index is 7.07. The van der Waals surface area contributed by atoms with Gasteiger partial charge >= 0.3 is 0 Å². The molecule has 0 spiro atoms. The van der Waals surface area contributed by atoms with E-state index in [2.05, 4.69) is 185 Å². The molecular formula is C52H32N4O. The van der Waals surface area contributed by atoms with E-state index in [1.165, 1.54) is 21.5 Å². The Morgan fingerprint density at radius 1 is 0.386 bits per heavy atom. The zero-order chi connectivity index (χ0) is 37.5. The average Bonchev–Trinajstić information content (AvgIpc) is 3.95. The molecule has 8 aromatic carbocycles. The Hall–Kier alpha value is -7.76. The van der Waals surface area contributed by atoms with Gasteiger partial charge in [0, 0.05) is 43.6 Å². The Balaban J connectivity index is 1.32. The van der Waals surface area contributed by atoms with E-state index in [-0.39, 0.29) is 0 Å². The lowest BCUT2D eigenvalue weighted by Gasteiger charge is -2.19. The van der Waals surface area contributed by atoms with Gasteiger partial charge in [-0.05, 0) is 42.5 Å². The first-order valence-electron chi connectivity index (χ1n) is 19.3. The van der Waals surface area contributed by atoms with Gasteiger partial charge in [0.05, 0.1) is 50.2 Å². The van der Waals surface area contributed by atoms with Crippen LogP contribution in [0.1, 0.15) is 0 Å². The Morgan fingerprint density at radius 2 is 0.807 bits per heavy atom. The van der Waals surface area contributed by atoms with Crippen LogP contribution >= 0.6 is 0 Å². The van der Waals surface area contributed by atoms with Crippen LogP contribution in [0.5, 0.6) is 0 Å². The van der Waals surface area contributed by atoms with Crippen LogP contribution in [0, 0.1) is 0 Å². The molecule has 4 heterocycles. The van der Waals surface area contributed by atoms with Crippen molar-refractivity contribution in [3.8, 4) is 45.3 Å². The van der Waals surface area contributed by atoms with Crippen molar-refractivity contribution in [1.82, 2.24) is 19.1 Å². The molecular weight excluding hydrogens is 697 g/mol. The number of para-hydroxylation sites is 5. The highest BCUT2D eigenvalue weighted by Crippen LogP contribution is 2.47. The SMILES string of the molecule is c1ccc(-c2cc(-c3ccccc3)nc(-c3cc(-n4c5ccccc5c5ccccc54)c4oc5ccccc5c4c3-n3c4ccccc4c4ccccc43)n2)cc1. The topological polar surface area (TPSA) is 48.8 Å². The van der Waals surface area contributed by atoms with Crippen LogP contribution in [0.3, 0.4) is 0 Å². The van der Waals surface area contributed by atoms with Crippen molar-refractivity contribution in [3.05, 3.63) is 194 Å². The molecule has 0 saturated carbocycles. The predicted molar refractivity (Wildman–Crippen MR) is 234 cm³/mol. The van der Waals surface area contributed by atoms with E-state index in [4.69, 9.17) is 14.4 Å². The van der Waals surface area contributed by atoms with E-state index in [0.717, 1.165) is 83.5 Å². The largest absolute Gasteiger partial charge is 0.454 e. The summed E-state index contributed by atoms with van der Waals surface area (Å²) in [6.07, 6.45) is 0. The second-order valence-electron chi connectivity index (χ2n) is 14.5. The van der Waals surface area contributed by atoms with E-state index < -0.39 is 0 Å². The smallest absolute Gasteiger partial charge is 0.162 e. The quantitative estimate of drug-likeness (QED) is 0.177. The molecule has 0 radical (unpaired) electrons. The van der Waals surface area contributed by atoms with Gasteiger partial charge in [-0.15, -0.1) is 0 Å². The van der Waals surface area contributed by atoms with Crippen molar-refractivity contribution in [2.75, 3.05) is 0 Å². The number of aromatic nitrogens is 4. The molecule has 12 aromatic rings. The van der Waals surface area contributed by atoms with Crippen LogP contribution in [0.4, 0.5) is 0 Å². The van der Waals surface area contributed by atoms with Crippen LogP contribution in [0.2, 0.25) is 0 Å². The molecule has 266 valence electrons. The molecule has 57 heavy (non-hydrogen) atoms. The minimum Gasteiger partial charge on any atom is -0.454 e. The van der Waals surface area contributed by atoms with Gasteiger partial charge in [-0.1, -0.05) is 152 Å². The molecule has 0 fully saturated rings. The number of nitrogens with zero attached hydrogens (tertiary/aromatic N) is 4. The van der Waals surface area contributed by atoms with E-state index in [9.17, 15) is 0 Å². The third-order valence-corrected chi connectivity index (χ3v) is 11.3. The summed E-state index contributed by atoms with van der Waals surface area (Å²) in [5.41, 5.74) is 12.5. The summed E-state index contributed by atoms with van der Waals surface area (Å²) in [5, 5.41) is 6.74. The van der Waals surface area contributed by atoms with Crippen molar-refractivity contribution in [2.45, 2.75) is 0 Å². The molecule has 0 aliphatic heterocycles. The van der Waals surface area contributed by atoms with E-state index in [1.54, 1.807) is 0 Å². The summed E-state index contributed by atoms with van der Waals surface area (Å²) in [6.45, 7) is 0. The molecule has 0 unspecified atom stereocenters. The van der Waals surface area contributed by atoms with E-state index in [0.29, 0.717) is 5.82 Å². The number of rotatable bonds is 5. The lowest BCUT2D eigenvalue weighted by atomic mass is 10.0. The van der Waals surface area contributed by atoms with Crippen molar-refractivity contribution in [3.63, 3.8) is 0 Å². The summed E-state index contributed by atoms with van der Waals surface area (Å²) in [5.74, 6) is 0.626. The van der Waals surface area contributed by atoms with Crippen molar-refractivity contribution in [2.24, 2.45) is 0 Å². The molecule has 0 saturated heterocycles. The second kappa shape index (κ2) is 12.4. The highest BCUT2D eigenvalue weighted by Gasteiger charge is 2.28. The van der Waals surface area contributed by atoms with Crippen molar-refractivity contribution < 1.29 is 4.42 Å². The summed E-state index contributed by atoms with van der Waals surface area (Å²) >= 11 is 0. The molecule has 12 rings (SSSR count). The first kappa shape index (κ1) is 31.6. The molecule has 0 aliphatic carbocycles. The first-order valence-corrected chi connectivity index (χ1v) is 19.3. The number of furan rings is 1. The van der Waals surface area contributed by atoms with Gasteiger partial charge in [-0.2, -0.15) is 0 Å². The third kappa shape index (κ3) is 4.76. The summed E-state index contributed by atoms with van der Waals surface area (Å²) in [7, 11) is 0. The third-order valence-electron chi connectivity index (χ3n) is 11.3. The zero-order valence-corrected chi connectivity index (χ0v) is 30.7. The average molecular weight is 729 g/mol. The Labute approximate surface area is 327 Å². The summed E-state index contributed by atoms with van der Waals surface area (Å²) in [4.78, 5) is 11.0. The molecule has 5 heteroatoms. The van der Waals surface area contributed by atoms with Crippen LogP contribution in [-0.4, -0.2) is 19.1 Å². The normalized spacial score (nSPS) is 11.9. The van der Waals surface area contributed by atoms with Gasteiger partial charge in [-0.25, -0.2) is 9.97 Å². The van der Waals surface area contributed by atoms with Crippen LogP contribution in [-0.2, 0) is 0 Å². The fourth-order valence-electron chi connectivity index (χ4n) is 8.86. The number of benzene rings is 8. The zero-order valence-electron chi connectivity index (χ0n) is 30.7. The Morgan fingerprint density at radius 3 is 1.32 bits per heavy atom. The molecule has 0 aliphatic rings. The lowest BCUT2D eigenvalue weighted by Crippen LogP contribution is -2.05. The minimum absolute atomic E-state index is 0.626. The summed E-state index contributed by atoms with van der Waals surface area (Å²) in [6, 6.07) is 68.1. The fourth-order valence-corrected chi connectivity index (χ4v) is 8.86. The Kier molecular flexibility index (Phi) is 6.86. The van der Waals surface area contributed by atoms with Crippen molar-refractivity contribution >= 4 is 65.6 Å². The molecule has 5 nitrogen and oxygen atoms in total. The van der Waals surface area contributed by atoms with Crippen molar-refractivity contribution in [1.29, 1.82) is 0 Å². The van der Waals surface area contributed by atoms with E-state index >= 15 is 0 Å². The first-order chi connectivity index (χ1) is 28.3. The predicted octanol–water partition coefficient (Wildman–Crippen LogP) is 13.6. The summed E-state index contributed by atoms with van der Waals surface area (Å²) < 4.78 is 11.8. The van der Waals surface area contributed by atoms with E-state index in [1.807, 2.05) is 18.2 Å². The van der Waals surface area contributed by atoms with Gasteiger partial charge in [0.15, 0.2) is 11.4 Å². The van der Waals surface area contributed by atoms with Crippen LogP contribution < -0.4 is 0 Å². The second-order valence-corrected chi connectivity index (χ2v) is 14.5. The molecule has 0 atom stereocenters. The van der Waals surface area contributed by atoms with Gasteiger partial charge in [0.25, 0.3) is 0 Å². The molecule has 4 aromatic heterocycles. The molecule has 0 N–H and O–H groups in total. The Bertz CT molecular complexity index is 3360. The maximum Gasteiger partial charge on any atom is 0.162 e. The van der Waals surface area contributed by atoms with Crippen LogP contribution in [0.25, 0.3) is 111 Å².